The molecule has 1 rings (SSSR count). The van der Waals surface area contributed by atoms with Crippen molar-refractivity contribution in [2.45, 2.75) is 40.0 Å². The lowest BCUT2D eigenvalue weighted by atomic mass is 10.1. The van der Waals surface area contributed by atoms with E-state index < -0.39 is 0 Å². The van der Waals surface area contributed by atoms with Crippen molar-refractivity contribution >= 4 is 5.96 Å². The van der Waals surface area contributed by atoms with E-state index in [0.29, 0.717) is 18.1 Å². The summed E-state index contributed by atoms with van der Waals surface area (Å²) in [5, 5.41) is 10.3. The van der Waals surface area contributed by atoms with E-state index in [9.17, 15) is 0 Å². The van der Waals surface area contributed by atoms with Crippen LogP contribution in [0.1, 0.15) is 38.4 Å². The molecule has 0 bridgehead atoms. The molecule has 0 spiro atoms. The molecule has 0 saturated heterocycles. The smallest absolute Gasteiger partial charge is 0.228 e. The number of guanidine groups is 1. The monoisotopic (exact) mass is 267 g/mol. The van der Waals surface area contributed by atoms with Crippen LogP contribution in [0.25, 0.3) is 0 Å². The van der Waals surface area contributed by atoms with Gasteiger partial charge in [0.2, 0.25) is 5.89 Å². The van der Waals surface area contributed by atoms with Crippen LogP contribution in [0, 0.1) is 12.8 Å². The predicted molar refractivity (Wildman–Crippen MR) is 76.2 cm³/mol. The van der Waals surface area contributed by atoms with Crippen LogP contribution in [0.3, 0.4) is 0 Å². The van der Waals surface area contributed by atoms with Crippen molar-refractivity contribution in [3.8, 4) is 0 Å². The van der Waals surface area contributed by atoms with Crippen LogP contribution in [-0.4, -0.2) is 36.2 Å². The van der Waals surface area contributed by atoms with Crippen LogP contribution in [0.15, 0.2) is 9.52 Å². The van der Waals surface area contributed by atoms with Crippen molar-refractivity contribution in [2.75, 3.05) is 20.1 Å². The van der Waals surface area contributed by atoms with Crippen molar-refractivity contribution in [3.05, 3.63) is 11.7 Å². The van der Waals surface area contributed by atoms with Crippen LogP contribution in [-0.2, 0) is 6.42 Å². The number of aromatic nitrogens is 2. The Balaban J connectivity index is 2.15. The molecule has 19 heavy (non-hydrogen) atoms. The van der Waals surface area contributed by atoms with Gasteiger partial charge in [-0.15, -0.1) is 0 Å². The lowest BCUT2D eigenvalue weighted by Gasteiger charge is -2.11. The average molecular weight is 267 g/mol. The molecule has 0 amide bonds. The Labute approximate surface area is 115 Å². The van der Waals surface area contributed by atoms with Crippen LogP contribution in [0.4, 0.5) is 0 Å². The first-order valence-corrected chi connectivity index (χ1v) is 6.85. The molecule has 0 aliphatic heterocycles. The van der Waals surface area contributed by atoms with Crippen molar-refractivity contribution in [2.24, 2.45) is 10.9 Å². The number of aryl methyl sites for hydroxylation is 1. The highest BCUT2D eigenvalue weighted by atomic mass is 16.5. The molecule has 0 saturated carbocycles. The highest BCUT2D eigenvalue weighted by Gasteiger charge is 2.03. The second-order valence-corrected chi connectivity index (χ2v) is 4.95. The van der Waals surface area contributed by atoms with Gasteiger partial charge in [-0.3, -0.25) is 4.99 Å². The van der Waals surface area contributed by atoms with E-state index >= 15 is 0 Å². The Morgan fingerprint density at radius 1 is 1.32 bits per heavy atom. The fraction of sp³-hybridized carbons (Fsp3) is 0.769. The summed E-state index contributed by atoms with van der Waals surface area (Å²) in [7, 11) is 1.77. The van der Waals surface area contributed by atoms with Crippen LogP contribution < -0.4 is 10.6 Å². The molecule has 2 N–H and O–H groups in total. The number of nitrogens with zero attached hydrogens (tertiary/aromatic N) is 3. The zero-order valence-corrected chi connectivity index (χ0v) is 12.4. The molecule has 0 radical (unpaired) electrons. The molecule has 0 atom stereocenters. The Kier molecular flexibility index (Phi) is 6.92. The lowest BCUT2D eigenvalue weighted by molar-refractivity contribution is 0.374. The Morgan fingerprint density at radius 3 is 2.63 bits per heavy atom. The summed E-state index contributed by atoms with van der Waals surface area (Å²) in [6.07, 6.45) is 3.08. The first-order chi connectivity index (χ1) is 9.11. The predicted octanol–water partition coefficient (Wildman–Crippen LogP) is 1.52. The van der Waals surface area contributed by atoms with E-state index in [1.54, 1.807) is 7.05 Å². The van der Waals surface area contributed by atoms with E-state index in [0.717, 1.165) is 31.4 Å². The summed E-state index contributed by atoms with van der Waals surface area (Å²) in [4.78, 5) is 8.32. The van der Waals surface area contributed by atoms with E-state index in [1.807, 2.05) is 6.92 Å². The molecule has 1 heterocycles. The van der Waals surface area contributed by atoms with E-state index in [-0.39, 0.29) is 0 Å². The maximum absolute atomic E-state index is 5.04. The molecule has 6 heteroatoms. The Morgan fingerprint density at radius 2 is 2.05 bits per heavy atom. The Hall–Kier alpha value is -1.59. The third-order valence-corrected chi connectivity index (χ3v) is 2.68. The van der Waals surface area contributed by atoms with Gasteiger partial charge in [0.15, 0.2) is 11.8 Å². The number of hydrogen-bond acceptors (Lipinski definition) is 4. The SMILES string of the molecule is CN=C(NCCCC(C)C)NCCc1nc(C)no1. The lowest BCUT2D eigenvalue weighted by Crippen LogP contribution is -2.38. The molecule has 0 aliphatic rings. The molecule has 108 valence electrons. The molecular formula is C13H25N5O. The standard InChI is InChI=1S/C13H25N5O/c1-10(2)6-5-8-15-13(14-4)16-9-7-12-17-11(3)18-19-12/h10H,5-9H2,1-4H3,(H2,14,15,16). The maximum Gasteiger partial charge on any atom is 0.228 e. The van der Waals surface area contributed by atoms with Crippen molar-refractivity contribution < 1.29 is 4.52 Å². The number of hydrogen-bond donors (Lipinski definition) is 2. The fourth-order valence-corrected chi connectivity index (χ4v) is 1.67. The second-order valence-electron chi connectivity index (χ2n) is 4.95. The summed E-state index contributed by atoms with van der Waals surface area (Å²) in [5.74, 6) is 2.89. The van der Waals surface area contributed by atoms with Gasteiger partial charge in [-0.1, -0.05) is 19.0 Å². The van der Waals surface area contributed by atoms with Gasteiger partial charge in [-0.05, 0) is 25.7 Å². The van der Waals surface area contributed by atoms with Gasteiger partial charge < -0.3 is 15.2 Å². The highest BCUT2D eigenvalue weighted by molar-refractivity contribution is 5.79. The first kappa shape index (κ1) is 15.5. The summed E-state index contributed by atoms with van der Waals surface area (Å²) in [5.41, 5.74) is 0. The number of nitrogens with one attached hydrogen (secondary N) is 2. The van der Waals surface area contributed by atoms with Gasteiger partial charge in [0.1, 0.15) is 0 Å². The van der Waals surface area contributed by atoms with Crippen LogP contribution >= 0.6 is 0 Å². The zero-order chi connectivity index (χ0) is 14.1. The van der Waals surface area contributed by atoms with Crippen molar-refractivity contribution in [1.29, 1.82) is 0 Å². The van der Waals surface area contributed by atoms with E-state index in [2.05, 4.69) is 39.6 Å². The third kappa shape index (κ3) is 6.79. The summed E-state index contributed by atoms with van der Waals surface area (Å²) in [6, 6.07) is 0. The largest absolute Gasteiger partial charge is 0.356 e. The Bertz CT molecular complexity index is 386. The van der Waals surface area contributed by atoms with Crippen LogP contribution in [0.2, 0.25) is 0 Å². The van der Waals surface area contributed by atoms with Crippen LogP contribution in [0.5, 0.6) is 0 Å². The van der Waals surface area contributed by atoms with Gasteiger partial charge in [0.05, 0.1) is 0 Å². The van der Waals surface area contributed by atoms with Gasteiger partial charge >= 0.3 is 0 Å². The zero-order valence-electron chi connectivity index (χ0n) is 12.4. The summed E-state index contributed by atoms with van der Waals surface area (Å²) < 4.78 is 5.04. The number of rotatable bonds is 7. The van der Waals surface area contributed by atoms with E-state index in [4.69, 9.17) is 4.52 Å². The molecule has 6 nitrogen and oxygen atoms in total. The minimum absolute atomic E-state index is 0.653. The second kappa shape index (κ2) is 8.50. The van der Waals surface area contributed by atoms with Gasteiger partial charge in [-0.25, -0.2) is 0 Å². The molecule has 0 unspecified atom stereocenters. The summed E-state index contributed by atoms with van der Waals surface area (Å²) in [6.45, 7) is 7.96. The highest BCUT2D eigenvalue weighted by Crippen LogP contribution is 2.01. The quantitative estimate of drug-likeness (QED) is 0.445. The maximum atomic E-state index is 5.04. The third-order valence-electron chi connectivity index (χ3n) is 2.68. The summed E-state index contributed by atoms with van der Waals surface area (Å²) >= 11 is 0. The topological polar surface area (TPSA) is 75.3 Å². The van der Waals surface area contributed by atoms with Crippen molar-refractivity contribution in [3.63, 3.8) is 0 Å². The average Bonchev–Trinajstić information content (AvgIpc) is 2.78. The molecular weight excluding hydrogens is 242 g/mol. The minimum Gasteiger partial charge on any atom is -0.356 e. The molecule has 1 aromatic rings. The molecule has 0 aromatic carbocycles. The van der Waals surface area contributed by atoms with Gasteiger partial charge in [0.25, 0.3) is 0 Å². The fourth-order valence-electron chi connectivity index (χ4n) is 1.67. The van der Waals surface area contributed by atoms with Gasteiger partial charge in [-0.2, -0.15) is 4.98 Å². The minimum atomic E-state index is 0.653. The number of aliphatic imine (C=N–C) groups is 1. The van der Waals surface area contributed by atoms with Gasteiger partial charge in [0, 0.05) is 26.6 Å². The molecule has 0 fully saturated rings. The normalized spacial score (nSPS) is 11.9. The molecule has 0 aliphatic carbocycles. The van der Waals surface area contributed by atoms with Crippen molar-refractivity contribution in [1.82, 2.24) is 20.8 Å². The first-order valence-electron chi connectivity index (χ1n) is 6.85. The van der Waals surface area contributed by atoms with E-state index in [1.165, 1.54) is 6.42 Å². The molecule has 1 aromatic heterocycles.